The van der Waals surface area contributed by atoms with Crippen molar-refractivity contribution in [3.05, 3.63) is 24.3 Å². The lowest BCUT2D eigenvalue weighted by Gasteiger charge is -2.25. The van der Waals surface area contributed by atoms with Crippen molar-refractivity contribution in [2.24, 2.45) is 5.92 Å². The van der Waals surface area contributed by atoms with Crippen molar-refractivity contribution in [1.82, 2.24) is 4.90 Å². The number of hydrogen-bond acceptors (Lipinski definition) is 4. The number of carbonyl (C=O) groups is 2. The number of carboxylic acid groups (broad SMARTS) is 1. The molecule has 0 heterocycles. The summed E-state index contributed by atoms with van der Waals surface area (Å²) >= 11 is 1.41. The average Bonchev–Trinajstić information content (AvgIpc) is 2.45. The van der Waals surface area contributed by atoms with Gasteiger partial charge < -0.3 is 14.7 Å². The number of hydrogen-bond donors (Lipinski definition) is 1. The molecule has 0 spiro atoms. The van der Waals surface area contributed by atoms with Gasteiger partial charge in [0.25, 0.3) is 0 Å². The third-order valence-corrected chi connectivity index (χ3v) is 4.04. The van der Waals surface area contributed by atoms with Crippen LogP contribution in [0.25, 0.3) is 0 Å². The number of carbonyl (C=O) groups excluding carboxylic acids is 1. The Bertz CT molecular complexity index is 501. The monoisotopic (exact) mass is 325 g/mol. The average molecular weight is 325 g/mol. The second-order valence-corrected chi connectivity index (χ2v) is 6.86. The normalized spacial score (nSPS) is 12.0. The van der Waals surface area contributed by atoms with Crippen molar-refractivity contribution in [2.45, 2.75) is 30.9 Å². The Morgan fingerprint density at radius 2 is 1.82 bits per heavy atom. The maximum absolute atomic E-state index is 12.5. The zero-order valence-corrected chi connectivity index (χ0v) is 14.2. The number of ether oxygens (including phenoxy) is 1. The van der Waals surface area contributed by atoms with E-state index in [9.17, 15) is 9.59 Å². The highest BCUT2D eigenvalue weighted by Gasteiger charge is 2.24. The van der Waals surface area contributed by atoms with E-state index in [1.807, 2.05) is 38.1 Å². The summed E-state index contributed by atoms with van der Waals surface area (Å²) in [5.74, 6) is -0.162. The molecule has 22 heavy (non-hydrogen) atoms. The molecule has 1 unspecified atom stereocenters. The van der Waals surface area contributed by atoms with Gasteiger partial charge in [-0.1, -0.05) is 13.8 Å². The number of methoxy groups -OCH3 is 1. The molecule has 1 aromatic carbocycles. The lowest BCUT2D eigenvalue weighted by atomic mass is 10.2. The van der Waals surface area contributed by atoms with E-state index in [1.54, 1.807) is 14.0 Å². The molecule has 1 N–H and O–H groups in total. The summed E-state index contributed by atoms with van der Waals surface area (Å²) in [5, 5.41) is 8.62. The quantitative estimate of drug-likeness (QED) is 0.744. The van der Waals surface area contributed by atoms with Gasteiger partial charge in [0, 0.05) is 11.4 Å². The van der Waals surface area contributed by atoms with Gasteiger partial charge in [0.05, 0.1) is 12.4 Å². The molecule has 0 aliphatic heterocycles. The molecule has 1 rings (SSSR count). The highest BCUT2D eigenvalue weighted by molar-refractivity contribution is 8.00. The van der Waals surface area contributed by atoms with E-state index in [2.05, 4.69) is 0 Å². The third kappa shape index (κ3) is 5.97. The van der Waals surface area contributed by atoms with E-state index in [1.165, 1.54) is 16.7 Å². The number of amides is 1. The lowest BCUT2D eigenvalue weighted by Crippen LogP contribution is -2.42. The van der Waals surface area contributed by atoms with E-state index < -0.39 is 5.97 Å². The number of nitrogens with zero attached hydrogens (tertiary/aromatic N) is 1. The first-order valence-corrected chi connectivity index (χ1v) is 8.02. The topological polar surface area (TPSA) is 66.8 Å². The minimum atomic E-state index is -0.990. The van der Waals surface area contributed by atoms with Crippen molar-refractivity contribution in [1.29, 1.82) is 0 Å². The first-order chi connectivity index (χ1) is 10.3. The van der Waals surface area contributed by atoms with Gasteiger partial charge in [0.15, 0.2) is 0 Å². The highest BCUT2D eigenvalue weighted by Crippen LogP contribution is 2.26. The van der Waals surface area contributed by atoms with E-state index in [0.29, 0.717) is 6.54 Å². The van der Waals surface area contributed by atoms with Crippen LogP contribution in [0, 0.1) is 5.92 Å². The minimum Gasteiger partial charge on any atom is -0.497 e. The SMILES string of the molecule is COc1ccc(SC(C)C(=O)N(CC(=O)O)CC(C)C)cc1. The Balaban J connectivity index is 2.72. The lowest BCUT2D eigenvalue weighted by molar-refractivity contribution is -0.144. The van der Waals surface area contributed by atoms with Crippen molar-refractivity contribution in [2.75, 3.05) is 20.2 Å². The van der Waals surface area contributed by atoms with E-state index in [4.69, 9.17) is 9.84 Å². The van der Waals surface area contributed by atoms with Crippen LogP contribution in [0.15, 0.2) is 29.2 Å². The van der Waals surface area contributed by atoms with Crippen LogP contribution in [0.2, 0.25) is 0 Å². The van der Waals surface area contributed by atoms with Gasteiger partial charge in [-0.15, -0.1) is 11.8 Å². The Morgan fingerprint density at radius 3 is 2.27 bits per heavy atom. The summed E-state index contributed by atoms with van der Waals surface area (Å²) in [7, 11) is 1.60. The Kier molecular flexibility index (Phi) is 7.24. The number of thioether (sulfide) groups is 1. The fourth-order valence-corrected chi connectivity index (χ4v) is 2.95. The molecule has 0 saturated carbocycles. The first-order valence-electron chi connectivity index (χ1n) is 7.14. The molecule has 0 bridgehead atoms. The van der Waals surface area contributed by atoms with Crippen LogP contribution in [-0.2, 0) is 9.59 Å². The molecule has 0 aliphatic rings. The van der Waals surface area contributed by atoms with Gasteiger partial charge in [-0.05, 0) is 37.1 Å². The minimum absolute atomic E-state index is 0.156. The van der Waals surface area contributed by atoms with Crippen LogP contribution in [0.3, 0.4) is 0 Å². The second-order valence-electron chi connectivity index (χ2n) is 5.44. The first kappa shape index (κ1) is 18.4. The number of rotatable bonds is 8. The fourth-order valence-electron chi connectivity index (χ4n) is 2.00. The molecule has 122 valence electrons. The molecule has 1 aromatic rings. The molecule has 1 atom stereocenters. The maximum atomic E-state index is 12.5. The number of carboxylic acids is 1. The van der Waals surface area contributed by atoms with Gasteiger partial charge >= 0.3 is 5.97 Å². The van der Waals surface area contributed by atoms with Crippen LogP contribution in [0.5, 0.6) is 5.75 Å². The van der Waals surface area contributed by atoms with Crippen LogP contribution < -0.4 is 4.74 Å². The van der Waals surface area contributed by atoms with Crippen LogP contribution in [0.1, 0.15) is 20.8 Å². The standard InChI is InChI=1S/C16H23NO4S/c1-11(2)9-17(10-15(18)19)16(20)12(3)22-14-7-5-13(21-4)6-8-14/h5-8,11-12H,9-10H2,1-4H3,(H,18,19). The molecular weight excluding hydrogens is 302 g/mol. The molecule has 6 heteroatoms. The van der Waals surface area contributed by atoms with Gasteiger partial charge in [-0.2, -0.15) is 0 Å². The fraction of sp³-hybridized carbons (Fsp3) is 0.500. The zero-order chi connectivity index (χ0) is 16.7. The predicted molar refractivity (Wildman–Crippen MR) is 87.4 cm³/mol. The van der Waals surface area contributed by atoms with Crippen LogP contribution >= 0.6 is 11.8 Å². The number of benzene rings is 1. The zero-order valence-electron chi connectivity index (χ0n) is 13.4. The highest BCUT2D eigenvalue weighted by atomic mass is 32.2. The summed E-state index contributed by atoms with van der Waals surface area (Å²) in [6, 6.07) is 7.44. The molecular formula is C16H23NO4S. The molecule has 1 amide bonds. The molecule has 5 nitrogen and oxygen atoms in total. The Labute approximate surface area is 135 Å². The summed E-state index contributed by atoms with van der Waals surface area (Å²) in [6.07, 6.45) is 0. The van der Waals surface area contributed by atoms with E-state index in [-0.39, 0.29) is 23.6 Å². The van der Waals surface area contributed by atoms with E-state index >= 15 is 0 Å². The third-order valence-electron chi connectivity index (χ3n) is 2.94. The van der Waals surface area contributed by atoms with Gasteiger partial charge in [-0.25, -0.2) is 0 Å². The summed E-state index contributed by atoms with van der Waals surface area (Å²) < 4.78 is 5.10. The van der Waals surface area contributed by atoms with Gasteiger partial charge in [0.2, 0.25) is 5.91 Å². The second kappa shape index (κ2) is 8.68. The van der Waals surface area contributed by atoms with Crippen molar-refractivity contribution >= 4 is 23.6 Å². The summed E-state index contributed by atoms with van der Waals surface area (Å²) in [5.41, 5.74) is 0. The van der Waals surface area contributed by atoms with Crippen LogP contribution in [0.4, 0.5) is 0 Å². The van der Waals surface area contributed by atoms with Crippen LogP contribution in [-0.4, -0.2) is 47.3 Å². The molecule has 0 aliphatic carbocycles. The Hall–Kier alpha value is -1.69. The summed E-state index contributed by atoms with van der Waals surface area (Å²) in [4.78, 5) is 25.7. The van der Waals surface area contributed by atoms with Crippen molar-refractivity contribution in [3.8, 4) is 5.75 Å². The molecule has 0 radical (unpaired) electrons. The van der Waals surface area contributed by atoms with Crippen molar-refractivity contribution < 1.29 is 19.4 Å². The smallest absolute Gasteiger partial charge is 0.323 e. The van der Waals surface area contributed by atoms with Gasteiger partial charge in [0.1, 0.15) is 12.3 Å². The molecule has 0 saturated heterocycles. The summed E-state index contributed by atoms with van der Waals surface area (Å²) in [6.45, 7) is 5.91. The van der Waals surface area contributed by atoms with E-state index in [0.717, 1.165) is 10.6 Å². The molecule has 0 fully saturated rings. The predicted octanol–water partition coefficient (Wildman–Crippen LogP) is 2.75. The maximum Gasteiger partial charge on any atom is 0.323 e. The Morgan fingerprint density at radius 1 is 1.23 bits per heavy atom. The van der Waals surface area contributed by atoms with Gasteiger partial charge in [-0.3, -0.25) is 9.59 Å². The largest absolute Gasteiger partial charge is 0.497 e. The number of aliphatic carboxylic acids is 1. The van der Waals surface area contributed by atoms with Crippen molar-refractivity contribution in [3.63, 3.8) is 0 Å². The molecule has 0 aromatic heterocycles.